The van der Waals surface area contributed by atoms with Gasteiger partial charge in [-0.15, -0.1) is 0 Å². The molecule has 0 aliphatic carbocycles. The van der Waals surface area contributed by atoms with Crippen LogP contribution in [0.2, 0.25) is 0 Å². The van der Waals surface area contributed by atoms with Crippen molar-refractivity contribution < 1.29 is 5.11 Å². The minimum Gasteiger partial charge on any atom is -0.390 e. The molecular weight excluding hydrogens is 239 g/mol. The summed E-state index contributed by atoms with van der Waals surface area (Å²) in [6, 6.07) is 0. The van der Waals surface area contributed by atoms with Crippen molar-refractivity contribution in [2.45, 2.75) is 45.1 Å². The number of halogens is 1. The summed E-state index contributed by atoms with van der Waals surface area (Å²) in [5.41, 5.74) is -0.406. The normalized spacial score (nSPS) is 16.8. The van der Waals surface area contributed by atoms with Crippen molar-refractivity contribution in [3.63, 3.8) is 0 Å². The van der Waals surface area contributed by atoms with Crippen LogP contribution in [0.4, 0.5) is 0 Å². The molecule has 62 valence electrons. The van der Waals surface area contributed by atoms with E-state index in [0.717, 1.165) is 23.7 Å². The van der Waals surface area contributed by atoms with Crippen LogP contribution in [-0.2, 0) is 0 Å². The smallest absolute Gasteiger partial charge is 0.0627 e. The Hall–Kier alpha value is 0.690. The zero-order chi connectivity index (χ0) is 8.04. The second-order valence-electron chi connectivity index (χ2n) is 3.04. The first kappa shape index (κ1) is 10.7. The predicted molar refractivity (Wildman–Crippen MR) is 53.7 cm³/mol. The SMILES string of the molecule is CCCC[C@@](C)(O)CCI. The molecule has 0 amide bonds. The Morgan fingerprint density at radius 3 is 2.40 bits per heavy atom. The second-order valence-corrected chi connectivity index (χ2v) is 4.12. The highest BCUT2D eigenvalue weighted by molar-refractivity contribution is 14.1. The van der Waals surface area contributed by atoms with E-state index in [1.54, 1.807) is 0 Å². The molecule has 0 aromatic rings. The van der Waals surface area contributed by atoms with Crippen LogP contribution in [0.3, 0.4) is 0 Å². The second kappa shape index (κ2) is 5.35. The number of alkyl halides is 1. The maximum atomic E-state index is 9.64. The minimum atomic E-state index is -0.406. The Bertz CT molecular complexity index is 81.3. The molecule has 1 atom stereocenters. The van der Waals surface area contributed by atoms with Crippen LogP contribution in [0.15, 0.2) is 0 Å². The van der Waals surface area contributed by atoms with Gasteiger partial charge in [-0.3, -0.25) is 0 Å². The monoisotopic (exact) mass is 256 g/mol. The van der Waals surface area contributed by atoms with E-state index in [2.05, 4.69) is 29.5 Å². The summed E-state index contributed by atoms with van der Waals surface area (Å²) in [6.07, 6.45) is 4.20. The van der Waals surface area contributed by atoms with Gasteiger partial charge in [0.1, 0.15) is 0 Å². The third-order valence-electron chi connectivity index (χ3n) is 1.70. The highest BCUT2D eigenvalue weighted by atomic mass is 127. The lowest BCUT2D eigenvalue weighted by atomic mass is 9.97. The van der Waals surface area contributed by atoms with Gasteiger partial charge in [0, 0.05) is 4.43 Å². The van der Waals surface area contributed by atoms with Crippen molar-refractivity contribution >= 4 is 22.6 Å². The summed E-state index contributed by atoms with van der Waals surface area (Å²) in [5.74, 6) is 0. The molecule has 0 aromatic carbocycles. The van der Waals surface area contributed by atoms with E-state index in [-0.39, 0.29) is 0 Å². The molecule has 0 aromatic heterocycles. The van der Waals surface area contributed by atoms with Crippen molar-refractivity contribution in [1.82, 2.24) is 0 Å². The van der Waals surface area contributed by atoms with E-state index in [1.165, 1.54) is 6.42 Å². The average Bonchev–Trinajstić information content (AvgIpc) is 1.84. The Labute approximate surface area is 77.3 Å². The minimum absolute atomic E-state index is 0.406. The summed E-state index contributed by atoms with van der Waals surface area (Å²) in [7, 11) is 0. The van der Waals surface area contributed by atoms with Gasteiger partial charge in [0.05, 0.1) is 5.60 Å². The van der Waals surface area contributed by atoms with Crippen LogP contribution in [0.5, 0.6) is 0 Å². The molecule has 2 heteroatoms. The van der Waals surface area contributed by atoms with Crippen molar-refractivity contribution in [1.29, 1.82) is 0 Å². The lowest BCUT2D eigenvalue weighted by molar-refractivity contribution is 0.0466. The molecule has 1 N–H and O–H groups in total. The van der Waals surface area contributed by atoms with Gasteiger partial charge in [-0.2, -0.15) is 0 Å². The molecule has 0 aliphatic rings. The van der Waals surface area contributed by atoms with E-state index in [4.69, 9.17) is 0 Å². The van der Waals surface area contributed by atoms with Crippen molar-refractivity contribution in [2.75, 3.05) is 4.43 Å². The lowest BCUT2D eigenvalue weighted by Crippen LogP contribution is -2.24. The average molecular weight is 256 g/mol. The lowest BCUT2D eigenvalue weighted by Gasteiger charge is -2.21. The Morgan fingerprint density at radius 2 is 2.00 bits per heavy atom. The number of hydrogen-bond donors (Lipinski definition) is 1. The molecule has 1 nitrogen and oxygen atoms in total. The highest BCUT2D eigenvalue weighted by Gasteiger charge is 2.17. The fourth-order valence-corrected chi connectivity index (χ4v) is 2.05. The largest absolute Gasteiger partial charge is 0.390 e. The molecule has 0 aliphatic heterocycles. The highest BCUT2D eigenvalue weighted by Crippen LogP contribution is 2.18. The van der Waals surface area contributed by atoms with E-state index in [0.29, 0.717) is 0 Å². The fraction of sp³-hybridized carbons (Fsp3) is 1.00. The van der Waals surface area contributed by atoms with Crippen LogP contribution in [0.25, 0.3) is 0 Å². The predicted octanol–water partition coefficient (Wildman–Crippen LogP) is 2.75. The molecular formula is C8H17IO. The first-order chi connectivity index (χ1) is 4.62. The van der Waals surface area contributed by atoms with E-state index in [9.17, 15) is 5.11 Å². The molecule has 0 bridgehead atoms. The third-order valence-corrected chi connectivity index (χ3v) is 2.24. The van der Waals surface area contributed by atoms with Gasteiger partial charge in [0.2, 0.25) is 0 Å². The van der Waals surface area contributed by atoms with Crippen LogP contribution in [-0.4, -0.2) is 15.1 Å². The van der Waals surface area contributed by atoms with Gasteiger partial charge in [-0.25, -0.2) is 0 Å². The van der Waals surface area contributed by atoms with Gasteiger partial charge in [0.15, 0.2) is 0 Å². The molecule has 10 heavy (non-hydrogen) atoms. The molecule has 0 rings (SSSR count). The molecule has 0 heterocycles. The summed E-state index contributed by atoms with van der Waals surface area (Å²) in [6.45, 7) is 4.08. The molecule has 0 fully saturated rings. The molecule has 0 radical (unpaired) electrons. The Balaban J connectivity index is 3.42. The molecule has 0 spiro atoms. The Morgan fingerprint density at radius 1 is 1.40 bits per heavy atom. The summed E-state index contributed by atoms with van der Waals surface area (Å²) < 4.78 is 1.05. The van der Waals surface area contributed by atoms with E-state index >= 15 is 0 Å². The van der Waals surface area contributed by atoms with Crippen LogP contribution in [0.1, 0.15) is 39.5 Å². The molecule has 0 saturated carbocycles. The third kappa shape index (κ3) is 5.47. The topological polar surface area (TPSA) is 20.2 Å². The van der Waals surface area contributed by atoms with E-state index < -0.39 is 5.60 Å². The standard InChI is InChI=1S/C8H17IO/c1-3-4-5-8(2,10)6-7-9/h10H,3-7H2,1-2H3/t8-/m1/s1. The summed E-state index contributed by atoms with van der Waals surface area (Å²) in [5, 5.41) is 9.64. The van der Waals surface area contributed by atoms with Gasteiger partial charge in [-0.05, 0) is 19.8 Å². The maximum Gasteiger partial charge on any atom is 0.0627 e. The molecule has 0 saturated heterocycles. The van der Waals surface area contributed by atoms with Gasteiger partial charge < -0.3 is 5.11 Å². The maximum absolute atomic E-state index is 9.64. The number of rotatable bonds is 5. The van der Waals surface area contributed by atoms with Gasteiger partial charge >= 0.3 is 0 Å². The fourth-order valence-electron chi connectivity index (χ4n) is 0.886. The van der Waals surface area contributed by atoms with Crippen LogP contribution < -0.4 is 0 Å². The van der Waals surface area contributed by atoms with E-state index in [1.807, 2.05) is 6.92 Å². The zero-order valence-corrected chi connectivity index (χ0v) is 9.02. The summed E-state index contributed by atoms with van der Waals surface area (Å²) in [4.78, 5) is 0. The first-order valence-electron chi connectivity index (χ1n) is 3.91. The van der Waals surface area contributed by atoms with Gasteiger partial charge in [0.25, 0.3) is 0 Å². The number of unbranched alkanes of at least 4 members (excludes halogenated alkanes) is 1. The zero-order valence-electron chi connectivity index (χ0n) is 6.86. The van der Waals surface area contributed by atoms with Gasteiger partial charge in [-0.1, -0.05) is 42.4 Å². The quantitative estimate of drug-likeness (QED) is 0.592. The number of hydrogen-bond acceptors (Lipinski definition) is 1. The molecule has 0 unspecified atom stereocenters. The first-order valence-corrected chi connectivity index (χ1v) is 5.43. The van der Waals surface area contributed by atoms with Crippen molar-refractivity contribution in [3.8, 4) is 0 Å². The van der Waals surface area contributed by atoms with Crippen molar-refractivity contribution in [3.05, 3.63) is 0 Å². The van der Waals surface area contributed by atoms with Crippen LogP contribution in [0, 0.1) is 0 Å². The van der Waals surface area contributed by atoms with Crippen molar-refractivity contribution in [2.24, 2.45) is 0 Å². The van der Waals surface area contributed by atoms with Crippen LogP contribution >= 0.6 is 22.6 Å². The summed E-state index contributed by atoms with van der Waals surface area (Å²) >= 11 is 2.30. The Kier molecular flexibility index (Phi) is 5.72. The number of aliphatic hydroxyl groups is 1.